The second kappa shape index (κ2) is 7.22. The lowest BCUT2D eigenvalue weighted by atomic mass is 9.99. The third-order valence-corrected chi connectivity index (χ3v) is 2.93. The quantitative estimate of drug-likeness (QED) is 0.810. The van der Waals surface area contributed by atoms with E-state index in [2.05, 4.69) is 29.1 Å². The Morgan fingerprint density at radius 2 is 1.95 bits per heavy atom. The Kier molecular flexibility index (Phi) is 5.92. The van der Waals surface area contributed by atoms with Gasteiger partial charge in [-0.05, 0) is 33.6 Å². The molecule has 1 aromatic heterocycles. The molecule has 0 bridgehead atoms. The second-order valence-corrected chi connectivity index (χ2v) is 5.78. The standard InChI is InChI=1S/C15H25N3O2/c1-6-11(7-2)12-8-13(18-10-17-12)16-9-14(19)20-15(3,4)5/h8,10-11H,6-7,9H2,1-5H3,(H,16,17,18). The van der Waals surface area contributed by atoms with E-state index < -0.39 is 5.60 Å². The average Bonchev–Trinajstić information content (AvgIpc) is 2.36. The molecule has 1 N–H and O–H groups in total. The third kappa shape index (κ3) is 5.55. The van der Waals surface area contributed by atoms with Gasteiger partial charge in [-0.3, -0.25) is 4.79 Å². The molecule has 0 aliphatic heterocycles. The van der Waals surface area contributed by atoms with Gasteiger partial charge in [0, 0.05) is 17.7 Å². The smallest absolute Gasteiger partial charge is 0.325 e. The topological polar surface area (TPSA) is 64.1 Å². The van der Waals surface area contributed by atoms with E-state index in [0.717, 1.165) is 18.5 Å². The van der Waals surface area contributed by atoms with Crippen LogP contribution >= 0.6 is 0 Å². The zero-order valence-electron chi connectivity index (χ0n) is 13.1. The molecule has 112 valence electrons. The van der Waals surface area contributed by atoms with Crippen molar-refractivity contribution in [1.29, 1.82) is 0 Å². The summed E-state index contributed by atoms with van der Waals surface area (Å²) in [6.07, 6.45) is 3.61. The molecular formula is C15H25N3O2. The highest BCUT2D eigenvalue weighted by Gasteiger charge is 2.16. The molecule has 0 radical (unpaired) electrons. The molecule has 1 rings (SSSR count). The summed E-state index contributed by atoms with van der Waals surface area (Å²) in [6.45, 7) is 9.94. The van der Waals surface area contributed by atoms with Gasteiger partial charge in [-0.15, -0.1) is 0 Å². The van der Waals surface area contributed by atoms with Gasteiger partial charge in [0.2, 0.25) is 0 Å². The third-order valence-electron chi connectivity index (χ3n) is 2.93. The van der Waals surface area contributed by atoms with Crippen molar-refractivity contribution in [2.24, 2.45) is 0 Å². The molecule has 0 unspecified atom stereocenters. The highest BCUT2D eigenvalue weighted by atomic mass is 16.6. The van der Waals surface area contributed by atoms with Gasteiger partial charge in [-0.1, -0.05) is 13.8 Å². The largest absolute Gasteiger partial charge is 0.459 e. The van der Waals surface area contributed by atoms with Crippen molar-refractivity contribution in [1.82, 2.24) is 9.97 Å². The lowest BCUT2D eigenvalue weighted by Crippen LogP contribution is -2.28. The van der Waals surface area contributed by atoms with Crippen molar-refractivity contribution in [2.45, 2.75) is 59.0 Å². The molecular weight excluding hydrogens is 254 g/mol. The molecule has 5 heteroatoms. The maximum absolute atomic E-state index is 11.6. The van der Waals surface area contributed by atoms with Crippen LogP contribution in [0.2, 0.25) is 0 Å². The molecule has 1 heterocycles. The summed E-state index contributed by atoms with van der Waals surface area (Å²) in [5, 5.41) is 2.98. The van der Waals surface area contributed by atoms with E-state index in [1.54, 1.807) is 0 Å². The number of nitrogens with one attached hydrogen (secondary N) is 1. The molecule has 0 saturated carbocycles. The van der Waals surface area contributed by atoms with Gasteiger partial charge >= 0.3 is 5.97 Å². The second-order valence-electron chi connectivity index (χ2n) is 5.78. The summed E-state index contributed by atoms with van der Waals surface area (Å²) in [4.78, 5) is 20.1. The van der Waals surface area contributed by atoms with Crippen LogP contribution in [0, 0.1) is 0 Å². The van der Waals surface area contributed by atoms with Crippen LogP contribution in [0.15, 0.2) is 12.4 Å². The highest BCUT2D eigenvalue weighted by Crippen LogP contribution is 2.21. The number of esters is 1. The maximum atomic E-state index is 11.6. The first-order valence-corrected chi connectivity index (χ1v) is 7.13. The van der Waals surface area contributed by atoms with Gasteiger partial charge in [-0.25, -0.2) is 9.97 Å². The summed E-state index contributed by atoms with van der Waals surface area (Å²) in [5.74, 6) is 0.799. The molecule has 20 heavy (non-hydrogen) atoms. The first-order chi connectivity index (χ1) is 9.35. The molecule has 1 aromatic rings. The minimum Gasteiger partial charge on any atom is -0.459 e. The molecule has 0 aliphatic carbocycles. The van der Waals surface area contributed by atoms with Crippen LogP contribution in [0.25, 0.3) is 0 Å². The molecule has 0 aliphatic rings. The Labute approximate surface area is 121 Å². The van der Waals surface area contributed by atoms with Crippen molar-refractivity contribution in [2.75, 3.05) is 11.9 Å². The molecule has 0 spiro atoms. The van der Waals surface area contributed by atoms with Gasteiger partial charge < -0.3 is 10.1 Å². The molecule has 0 fully saturated rings. The fourth-order valence-corrected chi connectivity index (χ4v) is 1.94. The fraction of sp³-hybridized carbons (Fsp3) is 0.667. The molecule has 0 atom stereocenters. The van der Waals surface area contributed by atoms with Crippen LogP contribution in [-0.2, 0) is 9.53 Å². The first kappa shape index (κ1) is 16.4. The summed E-state index contributed by atoms with van der Waals surface area (Å²) < 4.78 is 5.23. The van der Waals surface area contributed by atoms with E-state index in [0.29, 0.717) is 11.7 Å². The lowest BCUT2D eigenvalue weighted by Gasteiger charge is -2.19. The zero-order valence-corrected chi connectivity index (χ0v) is 13.1. The van der Waals surface area contributed by atoms with Crippen LogP contribution < -0.4 is 5.32 Å². The van der Waals surface area contributed by atoms with E-state index in [1.165, 1.54) is 6.33 Å². The Hall–Kier alpha value is -1.65. The predicted molar refractivity (Wildman–Crippen MR) is 79.7 cm³/mol. The fourth-order valence-electron chi connectivity index (χ4n) is 1.94. The molecule has 5 nitrogen and oxygen atoms in total. The zero-order chi connectivity index (χ0) is 15.2. The van der Waals surface area contributed by atoms with Gasteiger partial charge in [0.25, 0.3) is 0 Å². The van der Waals surface area contributed by atoms with Crippen molar-refractivity contribution in [3.8, 4) is 0 Å². The van der Waals surface area contributed by atoms with Gasteiger partial charge in [0.05, 0.1) is 0 Å². The summed E-state index contributed by atoms with van der Waals surface area (Å²) in [5.41, 5.74) is 0.544. The summed E-state index contributed by atoms with van der Waals surface area (Å²) in [7, 11) is 0. The predicted octanol–water partition coefficient (Wildman–Crippen LogP) is 3.13. The maximum Gasteiger partial charge on any atom is 0.325 e. The van der Waals surface area contributed by atoms with Crippen LogP contribution in [0.3, 0.4) is 0 Å². The van der Waals surface area contributed by atoms with Crippen molar-refractivity contribution >= 4 is 11.8 Å². The Balaban J connectivity index is 2.61. The van der Waals surface area contributed by atoms with E-state index >= 15 is 0 Å². The van der Waals surface area contributed by atoms with Crippen molar-refractivity contribution in [3.63, 3.8) is 0 Å². The number of nitrogens with zero attached hydrogens (tertiary/aromatic N) is 2. The van der Waals surface area contributed by atoms with E-state index in [1.807, 2.05) is 26.8 Å². The lowest BCUT2D eigenvalue weighted by molar-refractivity contribution is -0.152. The number of rotatable bonds is 6. The van der Waals surface area contributed by atoms with Crippen molar-refractivity contribution < 1.29 is 9.53 Å². The van der Waals surface area contributed by atoms with Crippen molar-refractivity contribution in [3.05, 3.63) is 18.1 Å². The molecule has 0 amide bonds. The van der Waals surface area contributed by atoms with Gasteiger partial charge in [-0.2, -0.15) is 0 Å². The van der Waals surface area contributed by atoms with Crippen LogP contribution in [-0.4, -0.2) is 28.1 Å². The summed E-state index contributed by atoms with van der Waals surface area (Å²) in [6, 6.07) is 1.90. The van der Waals surface area contributed by atoms with Crippen LogP contribution in [0.5, 0.6) is 0 Å². The van der Waals surface area contributed by atoms with E-state index in [9.17, 15) is 4.79 Å². The highest BCUT2D eigenvalue weighted by molar-refractivity contribution is 5.74. The number of anilines is 1. The Morgan fingerprint density at radius 1 is 1.30 bits per heavy atom. The van der Waals surface area contributed by atoms with Gasteiger partial charge in [0.1, 0.15) is 24.3 Å². The number of aromatic nitrogens is 2. The molecule has 0 saturated heterocycles. The first-order valence-electron chi connectivity index (χ1n) is 7.13. The SMILES string of the molecule is CCC(CC)c1cc(NCC(=O)OC(C)(C)C)ncn1. The minimum atomic E-state index is -0.467. The number of carbonyl (C=O) groups is 1. The summed E-state index contributed by atoms with van der Waals surface area (Å²) >= 11 is 0. The van der Waals surface area contributed by atoms with Crippen LogP contribution in [0.1, 0.15) is 59.1 Å². The minimum absolute atomic E-state index is 0.108. The Bertz CT molecular complexity index is 437. The van der Waals surface area contributed by atoms with E-state index in [-0.39, 0.29) is 12.5 Å². The number of carbonyl (C=O) groups excluding carboxylic acids is 1. The average molecular weight is 279 g/mol. The normalized spacial score (nSPS) is 11.5. The Morgan fingerprint density at radius 3 is 2.50 bits per heavy atom. The van der Waals surface area contributed by atoms with Gasteiger partial charge in [0.15, 0.2) is 0 Å². The number of hydrogen-bond donors (Lipinski definition) is 1. The van der Waals surface area contributed by atoms with Crippen LogP contribution in [0.4, 0.5) is 5.82 Å². The molecule has 0 aromatic carbocycles. The monoisotopic (exact) mass is 279 g/mol. The number of hydrogen-bond acceptors (Lipinski definition) is 5. The number of ether oxygens (including phenoxy) is 1. The van der Waals surface area contributed by atoms with E-state index in [4.69, 9.17) is 4.74 Å².